The predicted molar refractivity (Wildman–Crippen MR) is 55.0 cm³/mol. The van der Waals surface area contributed by atoms with Crippen LogP contribution in [0, 0.1) is 0 Å². The first kappa shape index (κ1) is 9.77. The molecule has 0 aromatic heterocycles. The van der Waals surface area contributed by atoms with Gasteiger partial charge in [-0.15, -0.1) is 0 Å². The van der Waals surface area contributed by atoms with Crippen LogP contribution in [0.3, 0.4) is 0 Å². The lowest BCUT2D eigenvalue weighted by molar-refractivity contribution is 0.198. The summed E-state index contributed by atoms with van der Waals surface area (Å²) in [6, 6.07) is 0.904. The molecule has 2 aliphatic rings. The van der Waals surface area contributed by atoms with Crippen LogP contribution in [0.5, 0.6) is 0 Å². The quantitative estimate of drug-likeness (QED) is 0.698. The average molecular weight is 197 g/mol. The zero-order valence-corrected chi connectivity index (χ0v) is 8.54. The number of urea groups is 1. The van der Waals surface area contributed by atoms with Gasteiger partial charge in [-0.05, 0) is 25.8 Å². The molecular formula is C10H19N3O. The largest absolute Gasteiger partial charge is 0.333 e. The maximum Gasteiger partial charge on any atom is 0.317 e. The zero-order chi connectivity index (χ0) is 9.97. The number of carbonyl (C=O) groups excluding carboxylic acids is 1. The van der Waals surface area contributed by atoms with E-state index < -0.39 is 0 Å². The molecular weight excluding hydrogens is 178 g/mol. The lowest BCUT2D eigenvalue weighted by Crippen LogP contribution is -2.36. The van der Waals surface area contributed by atoms with E-state index in [0.29, 0.717) is 12.6 Å². The van der Waals surface area contributed by atoms with Crippen LogP contribution in [0.25, 0.3) is 0 Å². The van der Waals surface area contributed by atoms with Crippen molar-refractivity contribution in [3.8, 4) is 0 Å². The number of nitrogens with two attached hydrogens (primary N) is 1. The molecule has 0 aromatic rings. The smallest absolute Gasteiger partial charge is 0.317 e. The summed E-state index contributed by atoms with van der Waals surface area (Å²) >= 11 is 0. The van der Waals surface area contributed by atoms with Crippen molar-refractivity contribution < 1.29 is 4.79 Å². The minimum atomic E-state index is 0.121. The molecule has 1 aliphatic carbocycles. The summed E-state index contributed by atoms with van der Waals surface area (Å²) in [5.41, 5.74) is 5.48. The molecule has 1 atom stereocenters. The van der Waals surface area contributed by atoms with Gasteiger partial charge in [-0.1, -0.05) is 12.8 Å². The van der Waals surface area contributed by atoms with Crippen LogP contribution in [-0.2, 0) is 0 Å². The summed E-state index contributed by atoms with van der Waals surface area (Å²) in [7, 11) is 0. The minimum Gasteiger partial charge on any atom is -0.333 e. The van der Waals surface area contributed by atoms with Crippen molar-refractivity contribution in [1.29, 1.82) is 0 Å². The van der Waals surface area contributed by atoms with Gasteiger partial charge in [-0.25, -0.2) is 4.79 Å². The highest BCUT2D eigenvalue weighted by molar-refractivity contribution is 5.77. The normalized spacial score (nSPS) is 28.5. The Balaban J connectivity index is 1.90. The maximum atomic E-state index is 11.6. The van der Waals surface area contributed by atoms with Crippen molar-refractivity contribution in [2.75, 3.05) is 13.1 Å². The van der Waals surface area contributed by atoms with Gasteiger partial charge in [0.25, 0.3) is 0 Å². The molecule has 3 N–H and O–H groups in total. The average Bonchev–Trinajstić information content (AvgIpc) is 2.74. The molecule has 0 radical (unpaired) electrons. The van der Waals surface area contributed by atoms with Crippen LogP contribution in [0.2, 0.25) is 0 Å². The minimum absolute atomic E-state index is 0.121. The molecule has 1 unspecified atom stereocenters. The SMILES string of the molecule is NCCC1CN(C2CCCC2)C(=O)N1. The summed E-state index contributed by atoms with van der Waals surface area (Å²) in [5.74, 6) is 0. The third-order valence-electron chi connectivity index (χ3n) is 3.29. The molecule has 0 bridgehead atoms. The lowest BCUT2D eigenvalue weighted by Gasteiger charge is -2.22. The first-order valence-corrected chi connectivity index (χ1v) is 5.58. The van der Waals surface area contributed by atoms with Crippen LogP contribution in [-0.4, -0.2) is 36.1 Å². The van der Waals surface area contributed by atoms with E-state index in [1.165, 1.54) is 25.7 Å². The van der Waals surface area contributed by atoms with Gasteiger partial charge in [0.2, 0.25) is 0 Å². The van der Waals surface area contributed by atoms with Crippen molar-refractivity contribution in [1.82, 2.24) is 10.2 Å². The molecule has 0 spiro atoms. The van der Waals surface area contributed by atoms with Crippen molar-refractivity contribution in [3.05, 3.63) is 0 Å². The van der Waals surface area contributed by atoms with Gasteiger partial charge in [0, 0.05) is 18.6 Å². The monoisotopic (exact) mass is 197 g/mol. The first-order valence-electron chi connectivity index (χ1n) is 5.58. The molecule has 1 saturated heterocycles. The highest BCUT2D eigenvalue weighted by atomic mass is 16.2. The van der Waals surface area contributed by atoms with Crippen LogP contribution >= 0.6 is 0 Å². The van der Waals surface area contributed by atoms with Gasteiger partial charge < -0.3 is 16.0 Å². The number of rotatable bonds is 3. The van der Waals surface area contributed by atoms with Crippen molar-refractivity contribution >= 4 is 6.03 Å². The molecule has 2 amide bonds. The number of nitrogens with zero attached hydrogens (tertiary/aromatic N) is 1. The number of nitrogens with one attached hydrogen (secondary N) is 1. The highest BCUT2D eigenvalue weighted by Gasteiger charge is 2.34. The Labute approximate surface area is 84.8 Å². The molecule has 14 heavy (non-hydrogen) atoms. The summed E-state index contributed by atoms with van der Waals surface area (Å²) in [4.78, 5) is 13.6. The summed E-state index contributed by atoms with van der Waals surface area (Å²) in [6.07, 6.45) is 5.81. The second-order valence-corrected chi connectivity index (χ2v) is 4.31. The van der Waals surface area contributed by atoms with E-state index in [1.54, 1.807) is 0 Å². The Morgan fingerprint density at radius 3 is 2.79 bits per heavy atom. The topological polar surface area (TPSA) is 58.4 Å². The maximum absolute atomic E-state index is 11.6. The fourth-order valence-electron chi connectivity index (χ4n) is 2.52. The zero-order valence-electron chi connectivity index (χ0n) is 8.54. The molecule has 1 aliphatic heterocycles. The van der Waals surface area contributed by atoms with Gasteiger partial charge in [0.1, 0.15) is 0 Å². The predicted octanol–water partition coefficient (Wildman–Crippen LogP) is 0.672. The lowest BCUT2D eigenvalue weighted by atomic mass is 10.2. The molecule has 1 heterocycles. The molecule has 80 valence electrons. The van der Waals surface area contributed by atoms with Crippen LogP contribution < -0.4 is 11.1 Å². The third-order valence-corrected chi connectivity index (χ3v) is 3.29. The second-order valence-electron chi connectivity index (χ2n) is 4.31. The first-order chi connectivity index (χ1) is 6.81. The number of hydrogen-bond acceptors (Lipinski definition) is 2. The van der Waals surface area contributed by atoms with E-state index in [0.717, 1.165) is 13.0 Å². The Kier molecular flexibility index (Phi) is 2.91. The van der Waals surface area contributed by atoms with Crippen LogP contribution in [0.15, 0.2) is 0 Å². The number of carbonyl (C=O) groups is 1. The van der Waals surface area contributed by atoms with Gasteiger partial charge in [-0.3, -0.25) is 0 Å². The molecule has 2 rings (SSSR count). The second kappa shape index (κ2) is 4.17. The Hall–Kier alpha value is -0.770. The van der Waals surface area contributed by atoms with E-state index >= 15 is 0 Å². The van der Waals surface area contributed by atoms with Crippen LogP contribution in [0.4, 0.5) is 4.79 Å². The summed E-state index contributed by atoms with van der Waals surface area (Å²) in [5, 5.41) is 2.99. The Morgan fingerprint density at radius 1 is 1.43 bits per heavy atom. The molecule has 0 aromatic carbocycles. The standard InChI is InChI=1S/C10H19N3O/c11-6-5-8-7-13(10(14)12-8)9-3-1-2-4-9/h8-9H,1-7,11H2,(H,12,14). The van der Waals surface area contributed by atoms with Gasteiger partial charge in [0.15, 0.2) is 0 Å². The highest BCUT2D eigenvalue weighted by Crippen LogP contribution is 2.25. The number of amides is 2. The van der Waals surface area contributed by atoms with Crippen molar-refractivity contribution in [3.63, 3.8) is 0 Å². The van der Waals surface area contributed by atoms with E-state index in [1.807, 2.05) is 4.90 Å². The Morgan fingerprint density at radius 2 is 2.14 bits per heavy atom. The molecule has 4 nitrogen and oxygen atoms in total. The van der Waals surface area contributed by atoms with Gasteiger partial charge in [0.05, 0.1) is 0 Å². The van der Waals surface area contributed by atoms with Crippen molar-refractivity contribution in [2.45, 2.75) is 44.2 Å². The van der Waals surface area contributed by atoms with E-state index in [4.69, 9.17) is 5.73 Å². The van der Waals surface area contributed by atoms with E-state index in [-0.39, 0.29) is 12.1 Å². The summed E-state index contributed by atoms with van der Waals surface area (Å²) in [6.45, 7) is 1.52. The van der Waals surface area contributed by atoms with E-state index in [2.05, 4.69) is 5.32 Å². The molecule has 4 heteroatoms. The fourth-order valence-corrected chi connectivity index (χ4v) is 2.52. The summed E-state index contributed by atoms with van der Waals surface area (Å²) < 4.78 is 0. The van der Waals surface area contributed by atoms with Crippen LogP contribution in [0.1, 0.15) is 32.1 Å². The molecule has 1 saturated carbocycles. The van der Waals surface area contributed by atoms with Crippen molar-refractivity contribution in [2.24, 2.45) is 5.73 Å². The number of hydrogen-bond donors (Lipinski definition) is 2. The molecule has 2 fully saturated rings. The van der Waals surface area contributed by atoms with E-state index in [9.17, 15) is 4.79 Å². The van der Waals surface area contributed by atoms with Gasteiger partial charge in [-0.2, -0.15) is 0 Å². The fraction of sp³-hybridized carbons (Fsp3) is 0.900. The third kappa shape index (κ3) is 1.85. The Bertz CT molecular complexity index is 213. The van der Waals surface area contributed by atoms with Gasteiger partial charge >= 0.3 is 6.03 Å².